The molecular formula is C12H21N3O3S. The minimum atomic E-state index is -3.46. The Labute approximate surface area is 114 Å². The zero-order chi connectivity index (χ0) is 13.9. The molecule has 0 amide bonds. The molecule has 1 aliphatic carbocycles. The van der Waals surface area contributed by atoms with Crippen molar-refractivity contribution in [3.8, 4) is 0 Å². The fourth-order valence-electron chi connectivity index (χ4n) is 2.65. The second-order valence-corrected chi connectivity index (χ2v) is 6.70. The first-order valence-corrected chi connectivity index (χ1v) is 8.18. The lowest BCUT2D eigenvalue weighted by atomic mass is 10.2. The van der Waals surface area contributed by atoms with Gasteiger partial charge in [-0.15, -0.1) is 0 Å². The number of aliphatic hydroxyl groups excluding tert-OH is 1. The Bertz CT molecular complexity index is 506. The summed E-state index contributed by atoms with van der Waals surface area (Å²) in [5.74, 6) is 0. The average molecular weight is 287 g/mol. The smallest absolute Gasteiger partial charge is 0.246 e. The van der Waals surface area contributed by atoms with Gasteiger partial charge in [-0.3, -0.25) is 4.68 Å². The third-order valence-electron chi connectivity index (χ3n) is 3.59. The summed E-state index contributed by atoms with van der Waals surface area (Å²) in [5, 5.41) is 12.8. The molecule has 7 heteroatoms. The Morgan fingerprint density at radius 3 is 2.74 bits per heavy atom. The third kappa shape index (κ3) is 2.98. The van der Waals surface area contributed by atoms with E-state index in [-0.39, 0.29) is 17.5 Å². The second kappa shape index (κ2) is 6.02. The lowest BCUT2D eigenvalue weighted by Crippen LogP contribution is -2.38. The molecule has 1 fully saturated rings. The minimum absolute atomic E-state index is 0.0543. The molecule has 0 spiro atoms. The van der Waals surface area contributed by atoms with Crippen LogP contribution in [0.1, 0.15) is 32.6 Å². The van der Waals surface area contributed by atoms with Crippen molar-refractivity contribution in [2.45, 2.75) is 50.1 Å². The molecule has 0 aliphatic heterocycles. The number of hydrogen-bond donors (Lipinski definition) is 1. The van der Waals surface area contributed by atoms with Crippen molar-refractivity contribution in [1.82, 2.24) is 14.1 Å². The van der Waals surface area contributed by atoms with E-state index in [0.717, 1.165) is 25.7 Å². The normalized spacial score (nSPS) is 17.4. The highest BCUT2D eigenvalue weighted by molar-refractivity contribution is 7.89. The Morgan fingerprint density at radius 1 is 1.47 bits per heavy atom. The highest BCUT2D eigenvalue weighted by Crippen LogP contribution is 2.28. The van der Waals surface area contributed by atoms with E-state index in [4.69, 9.17) is 5.11 Å². The fourth-order valence-corrected chi connectivity index (χ4v) is 4.30. The molecule has 1 aromatic rings. The number of hydrogen-bond acceptors (Lipinski definition) is 4. The molecule has 1 heterocycles. The third-order valence-corrected chi connectivity index (χ3v) is 5.57. The van der Waals surface area contributed by atoms with E-state index < -0.39 is 10.0 Å². The van der Waals surface area contributed by atoms with Gasteiger partial charge >= 0.3 is 0 Å². The molecule has 1 N–H and O–H groups in total. The van der Waals surface area contributed by atoms with Crippen molar-refractivity contribution >= 4 is 10.0 Å². The molecule has 0 atom stereocenters. The van der Waals surface area contributed by atoms with Gasteiger partial charge in [-0.25, -0.2) is 8.42 Å². The number of sulfonamides is 1. The maximum absolute atomic E-state index is 12.6. The van der Waals surface area contributed by atoms with Gasteiger partial charge in [-0.05, 0) is 12.8 Å². The van der Waals surface area contributed by atoms with E-state index in [0.29, 0.717) is 13.1 Å². The van der Waals surface area contributed by atoms with Crippen LogP contribution in [0.2, 0.25) is 0 Å². The molecule has 1 aromatic heterocycles. The topological polar surface area (TPSA) is 75.4 Å². The molecule has 0 saturated heterocycles. The zero-order valence-electron chi connectivity index (χ0n) is 11.2. The van der Waals surface area contributed by atoms with Crippen molar-refractivity contribution in [2.75, 3.05) is 13.2 Å². The predicted octanol–water partition coefficient (Wildman–Crippen LogP) is 0.829. The van der Waals surface area contributed by atoms with E-state index in [1.54, 1.807) is 4.31 Å². The maximum atomic E-state index is 12.6. The van der Waals surface area contributed by atoms with Gasteiger partial charge in [0.1, 0.15) is 4.90 Å². The number of aromatic nitrogens is 2. The van der Waals surface area contributed by atoms with Crippen molar-refractivity contribution in [2.24, 2.45) is 0 Å². The highest BCUT2D eigenvalue weighted by atomic mass is 32.2. The quantitative estimate of drug-likeness (QED) is 0.841. The molecule has 1 saturated carbocycles. The van der Waals surface area contributed by atoms with E-state index in [9.17, 15) is 8.42 Å². The van der Waals surface area contributed by atoms with Crippen molar-refractivity contribution < 1.29 is 13.5 Å². The maximum Gasteiger partial charge on any atom is 0.246 e. The summed E-state index contributed by atoms with van der Waals surface area (Å²) < 4.78 is 28.2. The van der Waals surface area contributed by atoms with Crippen LogP contribution < -0.4 is 0 Å². The van der Waals surface area contributed by atoms with E-state index in [2.05, 4.69) is 5.10 Å². The Balaban J connectivity index is 2.23. The van der Waals surface area contributed by atoms with Gasteiger partial charge in [0.05, 0.1) is 19.3 Å². The van der Waals surface area contributed by atoms with Crippen LogP contribution in [-0.4, -0.2) is 46.8 Å². The monoisotopic (exact) mass is 287 g/mol. The van der Waals surface area contributed by atoms with E-state index in [1.165, 1.54) is 17.1 Å². The lowest BCUT2D eigenvalue weighted by Gasteiger charge is -2.25. The van der Waals surface area contributed by atoms with Gasteiger partial charge in [0.25, 0.3) is 0 Å². The number of aliphatic hydroxyl groups is 1. The van der Waals surface area contributed by atoms with Crippen LogP contribution in [0.4, 0.5) is 0 Å². The lowest BCUT2D eigenvalue weighted by molar-refractivity contribution is 0.269. The molecule has 0 unspecified atom stereocenters. The van der Waals surface area contributed by atoms with E-state index >= 15 is 0 Å². The Morgan fingerprint density at radius 2 is 2.16 bits per heavy atom. The van der Waals surface area contributed by atoms with Crippen molar-refractivity contribution in [3.05, 3.63) is 12.4 Å². The first kappa shape index (κ1) is 14.5. The SMILES string of the molecule is CCN(C1CCCC1)S(=O)(=O)c1cnn(CCO)c1. The van der Waals surface area contributed by atoms with Crippen LogP contribution in [0.25, 0.3) is 0 Å². The standard InChI is InChI=1S/C12H21N3O3S/c1-2-15(11-5-3-4-6-11)19(17,18)12-9-13-14(10-12)7-8-16/h9-11,16H,2-8H2,1H3. The summed E-state index contributed by atoms with van der Waals surface area (Å²) in [7, 11) is -3.46. The summed E-state index contributed by atoms with van der Waals surface area (Å²) in [4.78, 5) is 0.217. The summed E-state index contributed by atoms with van der Waals surface area (Å²) in [6, 6.07) is 0.121. The first-order chi connectivity index (χ1) is 9.09. The first-order valence-electron chi connectivity index (χ1n) is 6.74. The van der Waals surface area contributed by atoms with Gasteiger partial charge in [0, 0.05) is 18.8 Å². The molecule has 108 valence electrons. The molecule has 19 heavy (non-hydrogen) atoms. The molecule has 0 aromatic carbocycles. The van der Waals surface area contributed by atoms with E-state index in [1.807, 2.05) is 6.92 Å². The van der Waals surface area contributed by atoms with Gasteiger partial charge in [-0.2, -0.15) is 9.40 Å². The number of rotatable bonds is 6. The molecule has 0 radical (unpaired) electrons. The van der Waals surface area contributed by atoms with Gasteiger partial charge in [-0.1, -0.05) is 19.8 Å². The van der Waals surface area contributed by atoms with Crippen LogP contribution in [-0.2, 0) is 16.6 Å². The summed E-state index contributed by atoms with van der Waals surface area (Å²) in [5.41, 5.74) is 0. The summed E-state index contributed by atoms with van der Waals surface area (Å²) >= 11 is 0. The summed E-state index contributed by atoms with van der Waals surface area (Å²) in [6.07, 6.45) is 6.93. The van der Waals surface area contributed by atoms with Gasteiger partial charge in [0.2, 0.25) is 10.0 Å². The van der Waals surface area contributed by atoms with Crippen molar-refractivity contribution in [1.29, 1.82) is 0 Å². The number of nitrogens with zero attached hydrogens (tertiary/aromatic N) is 3. The van der Waals surface area contributed by atoms with Crippen LogP contribution in [0, 0.1) is 0 Å². The van der Waals surface area contributed by atoms with Crippen LogP contribution in [0.3, 0.4) is 0 Å². The minimum Gasteiger partial charge on any atom is -0.394 e. The molecule has 6 nitrogen and oxygen atoms in total. The highest BCUT2D eigenvalue weighted by Gasteiger charge is 2.32. The van der Waals surface area contributed by atoms with Crippen molar-refractivity contribution in [3.63, 3.8) is 0 Å². The zero-order valence-corrected chi connectivity index (χ0v) is 12.0. The van der Waals surface area contributed by atoms with Crippen LogP contribution in [0.15, 0.2) is 17.3 Å². The molecular weight excluding hydrogens is 266 g/mol. The average Bonchev–Trinajstić information content (AvgIpc) is 3.01. The fraction of sp³-hybridized carbons (Fsp3) is 0.750. The largest absolute Gasteiger partial charge is 0.394 e. The molecule has 1 aliphatic rings. The van der Waals surface area contributed by atoms with Crippen LogP contribution >= 0.6 is 0 Å². The Hall–Kier alpha value is -0.920. The summed E-state index contributed by atoms with van der Waals surface area (Å²) in [6.45, 7) is 2.61. The second-order valence-electron chi connectivity index (χ2n) is 4.81. The predicted molar refractivity (Wildman–Crippen MR) is 71.1 cm³/mol. The Kier molecular flexibility index (Phi) is 4.59. The van der Waals surface area contributed by atoms with Gasteiger partial charge in [0.15, 0.2) is 0 Å². The van der Waals surface area contributed by atoms with Gasteiger partial charge < -0.3 is 5.11 Å². The van der Waals surface area contributed by atoms with Crippen LogP contribution in [0.5, 0.6) is 0 Å². The molecule has 0 bridgehead atoms. The molecule has 2 rings (SSSR count).